The highest BCUT2D eigenvalue weighted by atomic mass is 16.5. The molecule has 3 aromatic rings. The van der Waals surface area contributed by atoms with Crippen LogP contribution in [0.25, 0.3) is 11.3 Å². The molecule has 1 aromatic carbocycles. The van der Waals surface area contributed by atoms with Gasteiger partial charge in [-0.15, -0.1) is 0 Å². The first kappa shape index (κ1) is 15.6. The molecule has 5 nitrogen and oxygen atoms in total. The fourth-order valence-corrected chi connectivity index (χ4v) is 3.33. The summed E-state index contributed by atoms with van der Waals surface area (Å²) in [6, 6.07) is 15.7. The van der Waals surface area contributed by atoms with Gasteiger partial charge in [0.05, 0.1) is 0 Å². The number of nitrogens with zero attached hydrogens (tertiary/aromatic N) is 2. The summed E-state index contributed by atoms with van der Waals surface area (Å²) in [5.74, 6) is 0.334. The van der Waals surface area contributed by atoms with Gasteiger partial charge in [-0.2, -0.15) is 0 Å². The average Bonchev–Trinajstić information content (AvgIpc) is 3.13. The van der Waals surface area contributed by atoms with E-state index in [2.05, 4.69) is 39.7 Å². The van der Waals surface area contributed by atoms with Crippen molar-refractivity contribution in [2.24, 2.45) is 0 Å². The fourth-order valence-electron chi connectivity index (χ4n) is 3.33. The van der Waals surface area contributed by atoms with Crippen molar-refractivity contribution in [2.75, 3.05) is 6.54 Å². The van der Waals surface area contributed by atoms with Gasteiger partial charge in [-0.1, -0.05) is 41.9 Å². The number of pyridine rings is 1. The first-order valence-electron chi connectivity index (χ1n) is 8.48. The largest absolute Gasteiger partial charge is 0.355 e. The van der Waals surface area contributed by atoms with Crippen molar-refractivity contribution in [1.29, 1.82) is 0 Å². The first-order chi connectivity index (χ1) is 12.3. The molecule has 0 radical (unpaired) electrons. The highest BCUT2D eigenvalue weighted by molar-refractivity contribution is 5.93. The van der Waals surface area contributed by atoms with E-state index in [0.717, 1.165) is 18.4 Å². The van der Waals surface area contributed by atoms with Gasteiger partial charge in [-0.25, -0.2) is 0 Å². The van der Waals surface area contributed by atoms with E-state index in [4.69, 9.17) is 4.52 Å². The van der Waals surface area contributed by atoms with Crippen LogP contribution in [0.2, 0.25) is 0 Å². The summed E-state index contributed by atoms with van der Waals surface area (Å²) in [5.41, 5.74) is 2.43. The van der Waals surface area contributed by atoms with E-state index in [9.17, 15) is 4.79 Å². The SMILES string of the molecule is O=C(NCC1(c2ccccc2)CCC1)c1cc(-c2cccnc2)on1. The molecule has 1 fully saturated rings. The van der Waals surface area contributed by atoms with E-state index >= 15 is 0 Å². The average molecular weight is 333 g/mol. The highest BCUT2D eigenvalue weighted by Crippen LogP contribution is 2.43. The van der Waals surface area contributed by atoms with E-state index in [1.54, 1.807) is 18.5 Å². The number of hydrogen-bond acceptors (Lipinski definition) is 4. The summed E-state index contributed by atoms with van der Waals surface area (Å²) >= 11 is 0. The third-order valence-corrected chi connectivity index (χ3v) is 4.97. The third-order valence-electron chi connectivity index (χ3n) is 4.97. The highest BCUT2D eigenvalue weighted by Gasteiger charge is 2.38. The maximum Gasteiger partial charge on any atom is 0.273 e. The topological polar surface area (TPSA) is 68.0 Å². The number of rotatable bonds is 5. The van der Waals surface area contributed by atoms with Gasteiger partial charge in [0.2, 0.25) is 0 Å². The van der Waals surface area contributed by atoms with Crippen molar-refractivity contribution in [3.63, 3.8) is 0 Å². The molecule has 0 bridgehead atoms. The number of amides is 1. The first-order valence-corrected chi connectivity index (χ1v) is 8.48. The molecule has 1 N–H and O–H groups in total. The van der Waals surface area contributed by atoms with Gasteiger partial charge < -0.3 is 9.84 Å². The number of aromatic nitrogens is 2. The number of hydrogen-bond donors (Lipinski definition) is 1. The lowest BCUT2D eigenvalue weighted by Gasteiger charge is -2.42. The molecular formula is C20H19N3O2. The Hall–Kier alpha value is -2.95. The molecule has 0 unspecified atom stereocenters. The third kappa shape index (κ3) is 3.05. The van der Waals surface area contributed by atoms with Gasteiger partial charge >= 0.3 is 0 Å². The second kappa shape index (κ2) is 6.51. The van der Waals surface area contributed by atoms with Crippen LogP contribution in [0.3, 0.4) is 0 Å². The van der Waals surface area contributed by atoms with Crippen molar-refractivity contribution in [3.05, 3.63) is 72.2 Å². The number of benzene rings is 1. The van der Waals surface area contributed by atoms with Crippen molar-refractivity contribution >= 4 is 5.91 Å². The zero-order valence-electron chi connectivity index (χ0n) is 13.8. The van der Waals surface area contributed by atoms with Crippen LogP contribution >= 0.6 is 0 Å². The second-order valence-corrected chi connectivity index (χ2v) is 6.50. The molecule has 1 amide bonds. The molecule has 2 heterocycles. The van der Waals surface area contributed by atoms with Crippen LogP contribution in [-0.4, -0.2) is 22.6 Å². The molecule has 0 aliphatic heterocycles. The maximum atomic E-state index is 12.5. The number of carbonyl (C=O) groups is 1. The minimum absolute atomic E-state index is 0.0484. The summed E-state index contributed by atoms with van der Waals surface area (Å²) in [4.78, 5) is 16.5. The minimum atomic E-state index is -0.207. The Balaban J connectivity index is 1.45. The van der Waals surface area contributed by atoms with E-state index in [1.807, 2.05) is 18.2 Å². The molecule has 2 aromatic heterocycles. The zero-order valence-corrected chi connectivity index (χ0v) is 13.8. The fraction of sp³-hybridized carbons (Fsp3) is 0.250. The molecule has 1 aliphatic rings. The van der Waals surface area contributed by atoms with E-state index < -0.39 is 0 Å². The lowest BCUT2D eigenvalue weighted by Crippen LogP contribution is -2.45. The smallest absolute Gasteiger partial charge is 0.273 e. The number of nitrogens with one attached hydrogen (secondary N) is 1. The summed E-state index contributed by atoms with van der Waals surface area (Å²) in [6.45, 7) is 0.616. The monoisotopic (exact) mass is 333 g/mol. The summed E-state index contributed by atoms with van der Waals surface area (Å²) in [7, 11) is 0. The molecule has 25 heavy (non-hydrogen) atoms. The Morgan fingerprint density at radius 1 is 1.16 bits per heavy atom. The summed E-state index contributed by atoms with van der Waals surface area (Å²) in [5, 5.41) is 6.92. The standard InChI is InChI=1S/C20H19N3O2/c24-19(17-12-18(25-23-17)15-6-4-11-21-13-15)22-14-20(9-5-10-20)16-7-2-1-3-8-16/h1-4,6-8,11-13H,5,9-10,14H2,(H,22,24). The molecule has 0 atom stereocenters. The number of carbonyl (C=O) groups excluding carboxylic acids is 1. The van der Waals surface area contributed by atoms with Crippen molar-refractivity contribution in [2.45, 2.75) is 24.7 Å². The molecule has 0 saturated heterocycles. The van der Waals surface area contributed by atoms with Crippen molar-refractivity contribution < 1.29 is 9.32 Å². The predicted octanol–water partition coefficient (Wildman–Crippen LogP) is 3.59. The van der Waals surface area contributed by atoms with Crippen molar-refractivity contribution in [1.82, 2.24) is 15.5 Å². The Morgan fingerprint density at radius 3 is 2.68 bits per heavy atom. The van der Waals surface area contributed by atoms with Crippen LogP contribution < -0.4 is 5.32 Å². The zero-order chi connectivity index (χ0) is 17.1. The second-order valence-electron chi connectivity index (χ2n) is 6.50. The van der Waals surface area contributed by atoms with Gasteiger partial charge in [0, 0.05) is 36.0 Å². The van der Waals surface area contributed by atoms with Crippen LogP contribution in [0.15, 0.2) is 65.4 Å². The van der Waals surface area contributed by atoms with Crippen LogP contribution in [0.4, 0.5) is 0 Å². The van der Waals surface area contributed by atoms with Gasteiger partial charge in [0.25, 0.3) is 5.91 Å². The van der Waals surface area contributed by atoms with E-state index in [0.29, 0.717) is 18.0 Å². The minimum Gasteiger partial charge on any atom is -0.355 e. The molecule has 126 valence electrons. The predicted molar refractivity (Wildman–Crippen MR) is 94.0 cm³/mol. The van der Waals surface area contributed by atoms with E-state index in [1.165, 1.54) is 12.0 Å². The maximum absolute atomic E-state index is 12.5. The van der Waals surface area contributed by atoms with E-state index in [-0.39, 0.29) is 11.3 Å². The Labute approximate surface area is 146 Å². The Bertz CT molecular complexity index is 855. The van der Waals surface area contributed by atoms with Gasteiger partial charge in [-0.3, -0.25) is 9.78 Å². The lowest BCUT2D eigenvalue weighted by molar-refractivity contribution is 0.0919. The molecular weight excluding hydrogens is 314 g/mol. The summed E-state index contributed by atoms with van der Waals surface area (Å²) < 4.78 is 5.28. The Morgan fingerprint density at radius 2 is 2.00 bits per heavy atom. The molecule has 1 aliphatic carbocycles. The van der Waals surface area contributed by atoms with Crippen LogP contribution in [0, 0.1) is 0 Å². The lowest BCUT2D eigenvalue weighted by atomic mass is 9.64. The van der Waals surface area contributed by atoms with Crippen LogP contribution in [-0.2, 0) is 5.41 Å². The quantitative estimate of drug-likeness (QED) is 0.775. The van der Waals surface area contributed by atoms with Gasteiger partial charge in [-0.05, 0) is 30.5 Å². The van der Waals surface area contributed by atoms with Gasteiger partial charge in [0.15, 0.2) is 11.5 Å². The van der Waals surface area contributed by atoms with Crippen molar-refractivity contribution in [3.8, 4) is 11.3 Å². The van der Waals surface area contributed by atoms with Crippen LogP contribution in [0.5, 0.6) is 0 Å². The molecule has 5 heteroatoms. The van der Waals surface area contributed by atoms with Gasteiger partial charge in [0.1, 0.15) is 0 Å². The normalized spacial score (nSPS) is 15.4. The molecule has 4 rings (SSSR count). The van der Waals surface area contributed by atoms with Crippen LogP contribution in [0.1, 0.15) is 35.3 Å². The summed E-state index contributed by atoms with van der Waals surface area (Å²) in [6.07, 6.45) is 6.75. The Kier molecular flexibility index (Phi) is 4.06. The molecule has 1 saturated carbocycles. The molecule has 0 spiro atoms.